The van der Waals surface area contributed by atoms with Crippen molar-refractivity contribution in [3.8, 4) is 5.75 Å². The van der Waals surface area contributed by atoms with Gasteiger partial charge in [0.25, 0.3) is 0 Å². The van der Waals surface area contributed by atoms with Gasteiger partial charge in [-0.3, -0.25) is 0 Å². The number of ether oxygens (including phenoxy) is 1. The number of hydrogen-bond donors (Lipinski definition) is 1. The number of halogens is 1. The fourth-order valence-electron chi connectivity index (χ4n) is 2.67. The Labute approximate surface area is 114 Å². The van der Waals surface area contributed by atoms with Gasteiger partial charge in [-0.2, -0.15) is 0 Å². The molecule has 1 heterocycles. The summed E-state index contributed by atoms with van der Waals surface area (Å²) in [4.78, 5) is 4.32. The monoisotopic (exact) mass is 268 g/mol. The Bertz CT molecular complexity index is 373. The van der Waals surface area contributed by atoms with Crippen molar-refractivity contribution in [3.63, 3.8) is 0 Å². The van der Waals surface area contributed by atoms with E-state index in [-0.39, 0.29) is 0 Å². The highest BCUT2D eigenvalue weighted by molar-refractivity contribution is 6.18. The van der Waals surface area contributed by atoms with Crippen molar-refractivity contribution >= 4 is 17.4 Å². The van der Waals surface area contributed by atoms with Crippen LogP contribution >= 0.6 is 11.6 Å². The van der Waals surface area contributed by atoms with Crippen molar-refractivity contribution in [1.29, 1.82) is 0 Å². The van der Waals surface area contributed by atoms with E-state index in [1.165, 1.54) is 25.7 Å². The molecule has 0 aliphatic heterocycles. The minimum absolute atomic E-state index is 0.641. The van der Waals surface area contributed by atoms with Crippen molar-refractivity contribution in [2.24, 2.45) is 11.8 Å². The first-order valence-corrected chi connectivity index (χ1v) is 7.17. The van der Waals surface area contributed by atoms with E-state index in [4.69, 9.17) is 16.3 Å². The van der Waals surface area contributed by atoms with Gasteiger partial charge in [-0.05, 0) is 36.8 Å². The smallest absolute Gasteiger partial charge is 0.168 e. The molecule has 1 N–H and O–H groups in total. The molecule has 1 saturated carbocycles. The predicted octanol–water partition coefficient (Wildman–Crippen LogP) is 3.55. The fraction of sp³-hybridized carbons (Fsp3) is 0.643. The Kier molecular flexibility index (Phi) is 5.12. The van der Waals surface area contributed by atoms with Crippen LogP contribution in [0.25, 0.3) is 0 Å². The number of nitrogens with one attached hydrogen (secondary N) is 1. The lowest BCUT2D eigenvalue weighted by molar-refractivity contribution is 0.271. The van der Waals surface area contributed by atoms with Gasteiger partial charge in [0.15, 0.2) is 11.6 Å². The number of alkyl halides is 1. The lowest BCUT2D eigenvalue weighted by Crippen LogP contribution is -2.27. The van der Waals surface area contributed by atoms with E-state index in [1.807, 2.05) is 12.1 Å². The van der Waals surface area contributed by atoms with Crippen LogP contribution in [0.3, 0.4) is 0 Å². The molecule has 100 valence electrons. The highest BCUT2D eigenvalue weighted by Crippen LogP contribution is 2.31. The molecule has 0 amide bonds. The largest absolute Gasteiger partial charge is 0.493 e. The van der Waals surface area contributed by atoms with E-state index in [0.29, 0.717) is 11.8 Å². The van der Waals surface area contributed by atoms with E-state index in [1.54, 1.807) is 13.3 Å². The molecule has 2 unspecified atom stereocenters. The van der Waals surface area contributed by atoms with Gasteiger partial charge < -0.3 is 10.1 Å². The number of aromatic nitrogens is 1. The second-order valence-corrected chi connectivity index (χ2v) is 5.20. The first-order chi connectivity index (χ1) is 8.85. The van der Waals surface area contributed by atoms with Gasteiger partial charge in [0.1, 0.15) is 0 Å². The standard InChI is InChI=1S/C14H21ClN2O/c1-18-13-7-4-8-16-14(13)17-10-12-6-3-2-5-11(12)9-15/h4,7-8,11-12H,2-3,5-6,9-10H2,1H3,(H,16,17). The molecule has 0 saturated heterocycles. The molecule has 4 heteroatoms. The van der Waals surface area contributed by atoms with Crippen molar-refractivity contribution in [2.45, 2.75) is 25.7 Å². The van der Waals surface area contributed by atoms with E-state index in [9.17, 15) is 0 Å². The summed E-state index contributed by atoms with van der Waals surface area (Å²) in [6.45, 7) is 0.935. The molecule has 0 spiro atoms. The van der Waals surface area contributed by atoms with Gasteiger partial charge in [-0.25, -0.2) is 4.98 Å². The van der Waals surface area contributed by atoms with E-state index in [2.05, 4.69) is 10.3 Å². The van der Waals surface area contributed by atoms with Crippen LogP contribution in [0.5, 0.6) is 5.75 Å². The van der Waals surface area contributed by atoms with Crippen LogP contribution in [0.4, 0.5) is 5.82 Å². The van der Waals surface area contributed by atoms with Crippen molar-refractivity contribution < 1.29 is 4.74 Å². The zero-order chi connectivity index (χ0) is 12.8. The highest BCUT2D eigenvalue weighted by Gasteiger charge is 2.24. The maximum absolute atomic E-state index is 6.05. The topological polar surface area (TPSA) is 34.1 Å². The summed E-state index contributed by atoms with van der Waals surface area (Å²) in [5.74, 6) is 3.70. The third-order valence-corrected chi connectivity index (χ3v) is 4.18. The molecule has 2 rings (SSSR count). The molecular weight excluding hydrogens is 248 g/mol. The molecule has 1 aromatic rings. The summed E-state index contributed by atoms with van der Waals surface area (Å²) in [5, 5.41) is 3.40. The van der Waals surface area contributed by atoms with E-state index < -0.39 is 0 Å². The predicted molar refractivity (Wildman–Crippen MR) is 75.4 cm³/mol. The second kappa shape index (κ2) is 6.83. The molecule has 1 aromatic heterocycles. The fourth-order valence-corrected chi connectivity index (χ4v) is 3.08. The Hall–Kier alpha value is -0.960. The van der Waals surface area contributed by atoms with Crippen molar-refractivity contribution in [3.05, 3.63) is 18.3 Å². The average Bonchev–Trinajstić information content (AvgIpc) is 2.45. The Morgan fingerprint density at radius 2 is 2.17 bits per heavy atom. The molecule has 2 atom stereocenters. The summed E-state index contributed by atoms with van der Waals surface area (Å²) in [6.07, 6.45) is 6.94. The van der Waals surface area contributed by atoms with Crippen molar-refractivity contribution in [1.82, 2.24) is 4.98 Å². The van der Waals surface area contributed by atoms with Crippen LogP contribution in [0, 0.1) is 11.8 Å². The summed E-state index contributed by atoms with van der Waals surface area (Å²) in [7, 11) is 1.67. The van der Waals surface area contributed by atoms with Crippen LogP contribution < -0.4 is 10.1 Å². The lowest BCUT2D eigenvalue weighted by atomic mass is 9.80. The number of pyridine rings is 1. The quantitative estimate of drug-likeness (QED) is 0.830. The van der Waals surface area contributed by atoms with Crippen LogP contribution in [-0.4, -0.2) is 24.5 Å². The normalized spacial score (nSPS) is 23.7. The van der Waals surface area contributed by atoms with Crippen LogP contribution in [0.1, 0.15) is 25.7 Å². The zero-order valence-corrected chi connectivity index (χ0v) is 11.6. The highest BCUT2D eigenvalue weighted by atomic mass is 35.5. The van der Waals surface area contributed by atoms with E-state index >= 15 is 0 Å². The minimum Gasteiger partial charge on any atom is -0.493 e. The first-order valence-electron chi connectivity index (χ1n) is 6.64. The van der Waals surface area contributed by atoms with E-state index in [0.717, 1.165) is 24.0 Å². The van der Waals surface area contributed by atoms with Gasteiger partial charge in [0.2, 0.25) is 0 Å². The van der Waals surface area contributed by atoms with Gasteiger partial charge in [-0.15, -0.1) is 11.6 Å². The number of rotatable bonds is 5. The Morgan fingerprint density at radius 1 is 1.39 bits per heavy atom. The molecule has 1 aliphatic carbocycles. The number of hydrogen-bond acceptors (Lipinski definition) is 3. The molecule has 0 radical (unpaired) electrons. The number of anilines is 1. The molecule has 3 nitrogen and oxygen atoms in total. The lowest BCUT2D eigenvalue weighted by Gasteiger charge is -2.30. The Balaban J connectivity index is 1.93. The third-order valence-electron chi connectivity index (χ3n) is 3.79. The number of nitrogens with zero attached hydrogens (tertiary/aromatic N) is 1. The number of methoxy groups -OCH3 is 1. The third kappa shape index (κ3) is 3.29. The van der Waals surface area contributed by atoms with Crippen LogP contribution in [0.15, 0.2) is 18.3 Å². The molecule has 18 heavy (non-hydrogen) atoms. The van der Waals surface area contributed by atoms with Crippen LogP contribution in [0.2, 0.25) is 0 Å². The summed E-state index contributed by atoms with van der Waals surface area (Å²) in [6, 6.07) is 3.81. The maximum Gasteiger partial charge on any atom is 0.168 e. The minimum atomic E-state index is 0.641. The van der Waals surface area contributed by atoms with Gasteiger partial charge >= 0.3 is 0 Å². The second-order valence-electron chi connectivity index (χ2n) is 4.89. The SMILES string of the molecule is COc1cccnc1NCC1CCCCC1CCl. The zero-order valence-electron chi connectivity index (χ0n) is 10.9. The summed E-state index contributed by atoms with van der Waals surface area (Å²) < 4.78 is 5.29. The van der Waals surface area contributed by atoms with Crippen LogP contribution in [-0.2, 0) is 0 Å². The Morgan fingerprint density at radius 3 is 2.89 bits per heavy atom. The molecule has 0 bridgehead atoms. The molecule has 1 aliphatic rings. The summed E-state index contributed by atoms with van der Waals surface area (Å²) >= 11 is 6.05. The van der Waals surface area contributed by atoms with Gasteiger partial charge in [0, 0.05) is 18.6 Å². The average molecular weight is 269 g/mol. The summed E-state index contributed by atoms with van der Waals surface area (Å²) in [5.41, 5.74) is 0. The first kappa shape index (κ1) is 13.5. The maximum atomic E-state index is 6.05. The molecule has 1 fully saturated rings. The van der Waals surface area contributed by atoms with Crippen molar-refractivity contribution in [2.75, 3.05) is 24.9 Å². The molecule has 0 aromatic carbocycles. The van der Waals surface area contributed by atoms with Gasteiger partial charge in [0.05, 0.1) is 7.11 Å². The molecular formula is C14H21ClN2O. The van der Waals surface area contributed by atoms with Gasteiger partial charge in [-0.1, -0.05) is 12.8 Å².